The zero-order valence-corrected chi connectivity index (χ0v) is 13.8. The Kier molecular flexibility index (Phi) is 6.34. The quantitative estimate of drug-likeness (QED) is 0.781. The normalized spacial score (nSPS) is 10.3. The average Bonchev–Trinajstić information content (AvgIpc) is 2.58. The first-order chi connectivity index (χ1) is 10.7. The van der Waals surface area contributed by atoms with E-state index in [1.165, 1.54) is 0 Å². The Morgan fingerprint density at radius 2 is 1.86 bits per heavy atom. The lowest BCUT2D eigenvalue weighted by Gasteiger charge is -2.10. The molecular formula is C18H21NO2S. The van der Waals surface area contributed by atoms with Crippen molar-refractivity contribution in [3.63, 3.8) is 0 Å². The smallest absolute Gasteiger partial charge is 0.252 e. The zero-order valence-electron chi connectivity index (χ0n) is 13.0. The topological polar surface area (TPSA) is 38.3 Å². The molecule has 0 radical (unpaired) electrons. The molecule has 2 aromatic carbocycles. The maximum atomic E-state index is 12.4. The minimum absolute atomic E-state index is 0.0324. The van der Waals surface area contributed by atoms with Gasteiger partial charge < -0.3 is 10.1 Å². The summed E-state index contributed by atoms with van der Waals surface area (Å²) in [6, 6.07) is 15.5. The Morgan fingerprint density at radius 1 is 1.14 bits per heavy atom. The molecule has 0 fully saturated rings. The number of nitrogens with one attached hydrogen (secondary N) is 1. The van der Waals surface area contributed by atoms with Crippen molar-refractivity contribution in [3.8, 4) is 5.75 Å². The van der Waals surface area contributed by atoms with E-state index < -0.39 is 0 Å². The van der Waals surface area contributed by atoms with E-state index in [1.807, 2.05) is 48.5 Å². The summed E-state index contributed by atoms with van der Waals surface area (Å²) in [5.74, 6) is 1.80. The van der Waals surface area contributed by atoms with Crippen molar-refractivity contribution in [1.82, 2.24) is 5.32 Å². The van der Waals surface area contributed by atoms with E-state index in [9.17, 15) is 4.79 Å². The van der Waals surface area contributed by atoms with Crippen LogP contribution in [-0.2, 0) is 6.54 Å². The third-order valence-corrected chi connectivity index (χ3v) is 4.48. The number of methoxy groups -OCH3 is 1. The van der Waals surface area contributed by atoms with E-state index in [4.69, 9.17) is 4.74 Å². The fraction of sp³-hybridized carbons (Fsp3) is 0.278. The number of carbonyl (C=O) groups is 1. The van der Waals surface area contributed by atoms with Crippen molar-refractivity contribution < 1.29 is 9.53 Å². The van der Waals surface area contributed by atoms with Crippen LogP contribution in [0.5, 0.6) is 5.75 Å². The molecule has 0 aromatic heterocycles. The lowest BCUT2D eigenvalue weighted by Crippen LogP contribution is -2.23. The summed E-state index contributed by atoms with van der Waals surface area (Å²) in [5, 5.41) is 2.98. The molecule has 2 aromatic rings. The molecule has 0 bridgehead atoms. The van der Waals surface area contributed by atoms with Gasteiger partial charge in [0.05, 0.1) is 12.7 Å². The van der Waals surface area contributed by atoms with Gasteiger partial charge >= 0.3 is 0 Å². The lowest BCUT2D eigenvalue weighted by molar-refractivity contribution is 0.0948. The van der Waals surface area contributed by atoms with Crippen molar-refractivity contribution in [2.45, 2.75) is 24.8 Å². The number of ether oxygens (including phenoxy) is 1. The molecule has 1 amide bonds. The first kappa shape index (κ1) is 16.4. The summed E-state index contributed by atoms with van der Waals surface area (Å²) in [5.41, 5.74) is 1.79. The molecule has 4 heteroatoms. The largest absolute Gasteiger partial charge is 0.497 e. The van der Waals surface area contributed by atoms with E-state index in [2.05, 4.69) is 12.2 Å². The highest BCUT2D eigenvalue weighted by atomic mass is 32.2. The molecular weight excluding hydrogens is 294 g/mol. The summed E-state index contributed by atoms with van der Waals surface area (Å²) < 4.78 is 5.13. The van der Waals surface area contributed by atoms with Crippen molar-refractivity contribution in [3.05, 3.63) is 59.7 Å². The molecule has 2 rings (SSSR count). The molecule has 0 spiro atoms. The van der Waals surface area contributed by atoms with Crippen LogP contribution in [0.3, 0.4) is 0 Å². The fourth-order valence-corrected chi connectivity index (χ4v) is 2.93. The monoisotopic (exact) mass is 315 g/mol. The van der Waals surface area contributed by atoms with Crippen LogP contribution in [0.2, 0.25) is 0 Å². The molecule has 0 aliphatic carbocycles. The van der Waals surface area contributed by atoms with Gasteiger partial charge in [0.15, 0.2) is 0 Å². The van der Waals surface area contributed by atoms with E-state index in [-0.39, 0.29) is 5.91 Å². The number of benzene rings is 2. The molecule has 22 heavy (non-hydrogen) atoms. The van der Waals surface area contributed by atoms with Crippen molar-refractivity contribution in [2.75, 3.05) is 12.9 Å². The van der Waals surface area contributed by atoms with Crippen LogP contribution in [-0.4, -0.2) is 18.8 Å². The van der Waals surface area contributed by atoms with E-state index in [1.54, 1.807) is 18.9 Å². The summed E-state index contributed by atoms with van der Waals surface area (Å²) in [4.78, 5) is 13.4. The maximum absolute atomic E-state index is 12.4. The minimum Gasteiger partial charge on any atom is -0.497 e. The molecule has 0 aliphatic heterocycles. The second kappa shape index (κ2) is 8.49. The van der Waals surface area contributed by atoms with Gasteiger partial charge in [-0.2, -0.15) is 0 Å². The molecule has 0 saturated heterocycles. The fourth-order valence-electron chi connectivity index (χ4n) is 2.01. The van der Waals surface area contributed by atoms with Gasteiger partial charge in [-0.3, -0.25) is 4.79 Å². The Balaban J connectivity index is 1.99. The van der Waals surface area contributed by atoms with E-state index >= 15 is 0 Å². The third-order valence-electron chi connectivity index (χ3n) is 3.21. The van der Waals surface area contributed by atoms with Crippen LogP contribution in [0.1, 0.15) is 29.3 Å². The van der Waals surface area contributed by atoms with Gasteiger partial charge in [-0.1, -0.05) is 31.2 Å². The molecule has 116 valence electrons. The number of amides is 1. The Labute approximate surface area is 136 Å². The number of carbonyl (C=O) groups excluding carboxylic acids is 1. The van der Waals surface area contributed by atoms with E-state index in [0.29, 0.717) is 6.54 Å². The molecule has 0 heterocycles. The molecule has 0 saturated carbocycles. The van der Waals surface area contributed by atoms with Crippen LogP contribution in [0.4, 0.5) is 0 Å². The summed E-state index contributed by atoms with van der Waals surface area (Å²) >= 11 is 1.72. The highest BCUT2D eigenvalue weighted by molar-refractivity contribution is 7.99. The maximum Gasteiger partial charge on any atom is 0.252 e. The van der Waals surface area contributed by atoms with Gasteiger partial charge in [0.1, 0.15) is 5.75 Å². The Bertz CT molecular complexity index is 611. The van der Waals surface area contributed by atoms with Gasteiger partial charge in [-0.05, 0) is 42.0 Å². The summed E-state index contributed by atoms with van der Waals surface area (Å²) in [6.45, 7) is 2.65. The van der Waals surface area contributed by atoms with Crippen LogP contribution in [0, 0.1) is 0 Å². The molecule has 0 aliphatic rings. The predicted molar refractivity (Wildman–Crippen MR) is 91.6 cm³/mol. The molecule has 0 atom stereocenters. The molecule has 1 N–H and O–H groups in total. The lowest BCUT2D eigenvalue weighted by atomic mass is 10.2. The van der Waals surface area contributed by atoms with Crippen LogP contribution in [0.25, 0.3) is 0 Å². The minimum atomic E-state index is -0.0324. The Hall–Kier alpha value is -1.94. The first-order valence-corrected chi connectivity index (χ1v) is 8.36. The Morgan fingerprint density at radius 3 is 2.55 bits per heavy atom. The van der Waals surface area contributed by atoms with Gasteiger partial charge in [0.25, 0.3) is 5.91 Å². The first-order valence-electron chi connectivity index (χ1n) is 7.37. The number of thioether (sulfide) groups is 1. The van der Waals surface area contributed by atoms with Crippen molar-refractivity contribution in [1.29, 1.82) is 0 Å². The predicted octanol–water partition coefficient (Wildman–Crippen LogP) is 4.13. The van der Waals surface area contributed by atoms with Gasteiger partial charge in [0, 0.05) is 11.4 Å². The molecule has 0 unspecified atom stereocenters. The summed E-state index contributed by atoms with van der Waals surface area (Å²) in [7, 11) is 1.64. The second-order valence-corrected chi connectivity index (χ2v) is 6.01. The molecule has 3 nitrogen and oxygen atoms in total. The van der Waals surface area contributed by atoms with Crippen LogP contribution in [0.15, 0.2) is 53.4 Å². The number of hydrogen-bond acceptors (Lipinski definition) is 3. The number of rotatable bonds is 7. The highest BCUT2D eigenvalue weighted by Gasteiger charge is 2.10. The SMILES string of the molecule is CCCSc1ccccc1C(=O)NCc1ccc(OC)cc1. The summed E-state index contributed by atoms with van der Waals surface area (Å²) in [6.07, 6.45) is 1.09. The van der Waals surface area contributed by atoms with Crippen LogP contribution < -0.4 is 10.1 Å². The van der Waals surface area contributed by atoms with E-state index in [0.717, 1.165) is 33.9 Å². The standard InChI is InChI=1S/C18H21NO2S/c1-3-12-22-17-7-5-4-6-16(17)18(20)19-13-14-8-10-15(21-2)11-9-14/h4-11H,3,12-13H2,1-2H3,(H,19,20). The second-order valence-electron chi connectivity index (χ2n) is 4.88. The highest BCUT2D eigenvalue weighted by Crippen LogP contribution is 2.23. The third kappa shape index (κ3) is 4.53. The van der Waals surface area contributed by atoms with Gasteiger partial charge in [0.2, 0.25) is 0 Å². The van der Waals surface area contributed by atoms with Crippen molar-refractivity contribution in [2.24, 2.45) is 0 Å². The van der Waals surface area contributed by atoms with Crippen molar-refractivity contribution >= 4 is 17.7 Å². The van der Waals surface area contributed by atoms with Crippen LogP contribution >= 0.6 is 11.8 Å². The van der Waals surface area contributed by atoms with Gasteiger partial charge in [-0.25, -0.2) is 0 Å². The van der Waals surface area contributed by atoms with Gasteiger partial charge in [-0.15, -0.1) is 11.8 Å². The number of hydrogen-bond donors (Lipinski definition) is 1. The zero-order chi connectivity index (χ0) is 15.8. The average molecular weight is 315 g/mol.